The third-order valence-corrected chi connectivity index (χ3v) is 2.91. The van der Waals surface area contributed by atoms with Gasteiger partial charge in [0.25, 0.3) is 0 Å². The van der Waals surface area contributed by atoms with Crippen molar-refractivity contribution in [3.63, 3.8) is 0 Å². The van der Waals surface area contributed by atoms with Gasteiger partial charge in [0, 0.05) is 6.42 Å². The lowest BCUT2D eigenvalue weighted by atomic mass is 9.69. The van der Waals surface area contributed by atoms with Gasteiger partial charge in [0.05, 0.1) is 6.61 Å². The number of ether oxygens (including phenoxy) is 1. The molecular formula is C9H14O2. The van der Waals surface area contributed by atoms with Crippen molar-refractivity contribution < 1.29 is 9.84 Å². The zero-order valence-electron chi connectivity index (χ0n) is 6.84. The van der Waals surface area contributed by atoms with Crippen LogP contribution in [0.4, 0.5) is 0 Å². The summed E-state index contributed by atoms with van der Waals surface area (Å²) in [5, 5.41) is 9.98. The van der Waals surface area contributed by atoms with Crippen LogP contribution in [0.15, 0.2) is 11.8 Å². The Morgan fingerprint density at radius 3 is 2.91 bits per heavy atom. The Morgan fingerprint density at radius 1 is 1.73 bits per heavy atom. The zero-order valence-corrected chi connectivity index (χ0v) is 6.84. The van der Waals surface area contributed by atoms with Crippen LogP contribution in [0.25, 0.3) is 0 Å². The molecule has 0 aromatic rings. The highest BCUT2D eigenvalue weighted by Gasteiger charge is 2.47. The minimum absolute atomic E-state index is 0.381. The maximum Gasteiger partial charge on any atom is 0.124 e. The summed E-state index contributed by atoms with van der Waals surface area (Å²) in [5.74, 6) is 1.21. The van der Waals surface area contributed by atoms with Gasteiger partial charge in [-0.2, -0.15) is 0 Å². The first-order valence-electron chi connectivity index (χ1n) is 4.29. The van der Waals surface area contributed by atoms with Gasteiger partial charge in [0.1, 0.15) is 11.4 Å². The molecule has 11 heavy (non-hydrogen) atoms. The molecule has 1 N–H and O–H groups in total. The predicted octanol–water partition coefficient (Wildman–Crippen LogP) is 1.45. The zero-order chi connectivity index (χ0) is 7.90. The average molecular weight is 154 g/mol. The molecule has 0 spiro atoms. The van der Waals surface area contributed by atoms with Crippen LogP contribution in [-0.4, -0.2) is 17.3 Å². The van der Waals surface area contributed by atoms with E-state index in [-0.39, 0.29) is 0 Å². The highest BCUT2D eigenvalue weighted by molar-refractivity contribution is 5.19. The van der Waals surface area contributed by atoms with Gasteiger partial charge in [-0.1, -0.05) is 6.92 Å². The van der Waals surface area contributed by atoms with Crippen LogP contribution >= 0.6 is 0 Å². The molecule has 62 valence electrons. The largest absolute Gasteiger partial charge is 0.495 e. The molecule has 2 rings (SSSR count). The normalized spacial score (nSPS) is 42.7. The van der Waals surface area contributed by atoms with Gasteiger partial charge in [-0.25, -0.2) is 0 Å². The second-order valence-electron chi connectivity index (χ2n) is 3.57. The van der Waals surface area contributed by atoms with Gasteiger partial charge < -0.3 is 9.84 Å². The van der Waals surface area contributed by atoms with Gasteiger partial charge in [0.15, 0.2) is 0 Å². The van der Waals surface area contributed by atoms with Crippen molar-refractivity contribution in [1.29, 1.82) is 0 Å². The molecular weight excluding hydrogens is 140 g/mol. The molecule has 1 heterocycles. The highest BCUT2D eigenvalue weighted by Crippen LogP contribution is 2.44. The van der Waals surface area contributed by atoms with Crippen molar-refractivity contribution in [3.8, 4) is 0 Å². The van der Waals surface area contributed by atoms with Gasteiger partial charge in [0.2, 0.25) is 0 Å². The first-order valence-corrected chi connectivity index (χ1v) is 4.29. The minimum Gasteiger partial charge on any atom is -0.495 e. The van der Waals surface area contributed by atoms with Crippen LogP contribution in [0.2, 0.25) is 0 Å². The molecule has 1 fully saturated rings. The number of hydrogen-bond donors (Lipinski definition) is 1. The molecule has 2 unspecified atom stereocenters. The molecule has 2 atom stereocenters. The summed E-state index contributed by atoms with van der Waals surface area (Å²) in [6.45, 7) is 2.83. The van der Waals surface area contributed by atoms with Crippen molar-refractivity contribution in [3.05, 3.63) is 11.8 Å². The summed E-state index contributed by atoms with van der Waals surface area (Å²) in [4.78, 5) is 0. The van der Waals surface area contributed by atoms with Gasteiger partial charge in [-0.3, -0.25) is 0 Å². The fourth-order valence-corrected chi connectivity index (χ4v) is 1.79. The predicted molar refractivity (Wildman–Crippen MR) is 42.0 cm³/mol. The molecule has 1 aliphatic carbocycles. The first-order chi connectivity index (χ1) is 5.23. The van der Waals surface area contributed by atoms with E-state index in [0.717, 1.165) is 31.6 Å². The molecule has 0 amide bonds. The van der Waals surface area contributed by atoms with Crippen LogP contribution < -0.4 is 0 Å². The number of rotatable bonds is 1. The molecule has 2 aliphatic rings. The van der Waals surface area contributed by atoms with E-state index in [1.807, 2.05) is 6.08 Å². The summed E-state index contributed by atoms with van der Waals surface area (Å²) < 4.78 is 5.34. The molecule has 0 aromatic carbocycles. The van der Waals surface area contributed by atoms with Gasteiger partial charge in [-0.05, 0) is 24.8 Å². The van der Waals surface area contributed by atoms with E-state index in [1.54, 1.807) is 0 Å². The van der Waals surface area contributed by atoms with Crippen molar-refractivity contribution in [1.82, 2.24) is 0 Å². The Bertz CT molecular complexity index is 198. The summed E-state index contributed by atoms with van der Waals surface area (Å²) in [6, 6.07) is 0. The molecule has 0 radical (unpaired) electrons. The standard InChI is InChI=1S/C9H14O2/c1-7-4-5-9(7,10)8-3-2-6-11-8/h3,7,10H,2,4-6H2,1H3. The van der Waals surface area contributed by atoms with Crippen molar-refractivity contribution in [2.75, 3.05) is 6.61 Å². The van der Waals surface area contributed by atoms with E-state index in [9.17, 15) is 5.11 Å². The summed E-state index contributed by atoms with van der Waals surface area (Å²) in [7, 11) is 0. The molecule has 1 saturated carbocycles. The molecule has 0 saturated heterocycles. The lowest BCUT2D eigenvalue weighted by Gasteiger charge is -2.43. The monoisotopic (exact) mass is 154 g/mol. The Morgan fingerprint density at radius 2 is 2.55 bits per heavy atom. The van der Waals surface area contributed by atoms with E-state index in [2.05, 4.69) is 6.92 Å². The third kappa shape index (κ3) is 0.890. The minimum atomic E-state index is -0.601. The second kappa shape index (κ2) is 2.24. The number of aliphatic hydroxyl groups is 1. The molecule has 0 bridgehead atoms. The average Bonchev–Trinajstić information content (AvgIpc) is 2.52. The van der Waals surface area contributed by atoms with Gasteiger partial charge in [-0.15, -0.1) is 0 Å². The summed E-state index contributed by atoms with van der Waals surface area (Å²) in [6.07, 6.45) is 4.98. The van der Waals surface area contributed by atoms with Crippen LogP contribution in [0, 0.1) is 5.92 Å². The van der Waals surface area contributed by atoms with Crippen LogP contribution in [-0.2, 0) is 4.74 Å². The number of hydrogen-bond acceptors (Lipinski definition) is 2. The van der Waals surface area contributed by atoms with E-state index < -0.39 is 5.60 Å². The van der Waals surface area contributed by atoms with E-state index >= 15 is 0 Å². The second-order valence-corrected chi connectivity index (χ2v) is 3.57. The lowest BCUT2D eigenvalue weighted by molar-refractivity contribution is -0.0878. The van der Waals surface area contributed by atoms with E-state index in [1.165, 1.54) is 0 Å². The van der Waals surface area contributed by atoms with Crippen LogP contribution in [0.3, 0.4) is 0 Å². The fraction of sp³-hybridized carbons (Fsp3) is 0.778. The highest BCUT2D eigenvalue weighted by atomic mass is 16.5. The molecule has 0 aromatic heterocycles. The van der Waals surface area contributed by atoms with Crippen LogP contribution in [0.1, 0.15) is 26.2 Å². The van der Waals surface area contributed by atoms with E-state index in [4.69, 9.17) is 4.74 Å². The maximum absolute atomic E-state index is 9.98. The molecule has 2 nitrogen and oxygen atoms in total. The summed E-state index contributed by atoms with van der Waals surface area (Å²) >= 11 is 0. The van der Waals surface area contributed by atoms with Crippen molar-refractivity contribution in [2.24, 2.45) is 5.92 Å². The smallest absolute Gasteiger partial charge is 0.124 e. The van der Waals surface area contributed by atoms with Gasteiger partial charge >= 0.3 is 0 Å². The SMILES string of the molecule is CC1CCC1(O)C1=CCCO1. The Hall–Kier alpha value is -0.500. The Balaban J connectivity index is 2.13. The molecule has 1 aliphatic heterocycles. The first kappa shape index (κ1) is 7.17. The van der Waals surface area contributed by atoms with Crippen molar-refractivity contribution >= 4 is 0 Å². The third-order valence-electron chi connectivity index (χ3n) is 2.91. The Kier molecular flexibility index (Phi) is 1.46. The quantitative estimate of drug-likeness (QED) is 0.619. The lowest BCUT2D eigenvalue weighted by Crippen LogP contribution is -2.47. The van der Waals surface area contributed by atoms with Crippen LogP contribution in [0.5, 0.6) is 0 Å². The fourth-order valence-electron chi connectivity index (χ4n) is 1.79. The molecule has 2 heteroatoms. The maximum atomic E-state index is 9.98. The summed E-state index contributed by atoms with van der Waals surface area (Å²) in [5.41, 5.74) is -0.601. The van der Waals surface area contributed by atoms with E-state index in [0.29, 0.717) is 5.92 Å². The topological polar surface area (TPSA) is 29.5 Å². The van der Waals surface area contributed by atoms with Crippen molar-refractivity contribution in [2.45, 2.75) is 31.8 Å². The Labute approximate surface area is 66.9 Å².